The van der Waals surface area contributed by atoms with Gasteiger partial charge in [-0.1, -0.05) is 40.6 Å². The molecule has 1 aliphatic rings. The number of nitrogen functional groups attached to an aromatic ring is 1. The van der Waals surface area contributed by atoms with E-state index in [4.69, 9.17) is 33.9 Å². The standard InChI is InChI=1S/C20H20Cl2N6OS/c1-11-14(5-6-15(25-11)28-9-7-24-8-10-28)26-20-27-19(23)18(30-20)17(29)16-12(21)3-2-4-13(16)22/h2-6,24H,7-10,23H2,1H3,(H,26,27). The Bertz CT molecular complexity index is 1080. The summed E-state index contributed by atoms with van der Waals surface area (Å²) in [5, 5.41) is 7.60. The van der Waals surface area contributed by atoms with Crippen molar-refractivity contribution >= 4 is 62.8 Å². The molecule has 1 aromatic carbocycles. The van der Waals surface area contributed by atoms with E-state index in [0.29, 0.717) is 5.13 Å². The molecule has 156 valence electrons. The number of nitrogens with two attached hydrogens (primary N) is 1. The van der Waals surface area contributed by atoms with E-state index < -0.39 is 0 Å². The molecular weight excluding hydrogens is 443 g/mol. The number of piperazine rings is 1. The predicted molar refractivity (Wildman–Crippen MR) is 124 cm³/mol. The van der Waals surface area contributed by atoms with Crippen molar-refractivity contribution in [3.63, 3.8) is 0 Å². The van der Waals surface area contributed by atoms with Crippen LogP contribution in [0.1, 0.15) is 20.9 Å². The van der Waals surface area contributed by atoms with E-state index in [0.717, 1.165) is 54.7 Å². The van der Waals surface area contributed by atoms with Gasteiger partial charge in [0.25, 0.3) is 0 Å². The number of hydrogen-bond acceptors (Lipinski definition) is 8. The van der Waals surface area contributed by atoms with Crippen molar-refractivity contribution in [3.8, 4) is 0 Å². The van der Waals surface area contributed by atoms with Gasteiger partial charge in [-0.3, -0.25) is 4.79 Å². The monoisotopic (exact) mass is 462 g/mol. The lowest BCUT2D eigenvalue weighted by atomic mass is 10.1. The van der Waals surface area contributed by atoms with Crippen molar-refractivity contribution in [1.82, 2.24) is 15.3 Å². The summed E-state index contributed by atoms with van der Waals surface area (Å²) in [7, 11) is 0. The van der Waals surface area contributed by atoms with Crippen LogP contribution < -0.4 is 21.3 Å². The highest BCUT2D eigenvalue weighted by Gasteiger charge is 2.23. The van der Waals surface area contributed by atoms with E-state index in [9.17, 15) is 4.79 Å². The minimum atomic E-state index is -0.349. The summed E-state index contributed by atoms with van der Waals surface area (Å²) in [4.78, 5) is 24.5. The van der Waals surface area contributed by atoms with Crippen LogP contribution in [-0.2, 0) is 0 Å². The summed E-state index contributed by atoms with van der Waals surface area (Å²) in [6.45, 7) is 5.69. The fourth-order valence-corrected chi connectivity index (χ4v) is 4.65. The van der Waals surface area contributed by atoms with Crippen LogP contribution in [0, 0.1) is 6.92 Å². The van der Waals surface area contributed by atoms with Gasteiger partial charge in [-0.2, -0.15) is 0 Å². The lowest BCUT2D eigenvalue weighted by Crippen LogP contribution is -2.43. The van der Waals surface area contributed by atoms with Gasteiger partial charge in [0.2, 0.25) is 5.78 Å². The number of hydrogen-bond donors (Lipinski definition) is 3. The molecule has 0 bridgehead atoms. The largest absolute Gasteiger partial charge is 0.382 e. The van der Waals surface area contributed by atoms with Gasteiger partial charge in [0.05, 0.1) is 27.0 Å². The maximum absolute atomic E-state index is 12.9. The van der Waals surface area contributed by atoms with Crippen molar-refractivity contribution in [2.75, 3.05) is 42.1 Å². The first-order valence-electron chi connectivity index (χ1n) is 9.39. The van der Waals surface area contributed by atoms with Gasteiger partial charge in [0, 0.05) is 26.2 Å². The van der Waals surface area contributed by atoms with Crippen LogP contribution >= 0.6 is 34.5 Å². The molecule has 4 N–H and O–H groups in total. The van der Waals surface area contributed by atoms with E-state index in [-0.39, 0.29) is 32.1 Å². The minimum absolute atomic E-state index is 0.131. The maximum atomic E-state index is 12.9. The highest BCUT2D eigenvalue weighted by Crippen LogP contribution is 2.34. The van der Waals surface area contributed by atoms with E-state index in [2.05, 4.69) is 20.5 Å². The van der Waals surface area contributed by atoms with Gasteiger partial charge in [0.1, 0.15) is 16.5 Å². The first-order chi connectivity index (χ1) is 14.4. The van der Waals surface area contributed by atoms with Crippen LogP contribution in [0.2, 0.25) is 10.0 Å². The lowest BCUT2D eigenvalue weighted by Gasteiger charge is -2.28. The third-order valence-electron chi connectivity index (χ3n) is 4.80. The Labute approximate surface area is 188 Å². The first-order valence-corrected chi connectivity index (χ1v) is 11.0. The number of aryl methyl sites for hydroxylation is 1. The topological polar surface area (TPSA) is 96.2 Å². The van der Waals surface area contributed by atoms with Crippen molar-refractivity contribution in [2.24, 2.45) is 0 Å². The molecule has 4 rings (SSSR count). The van der Waals surface area contributed by atoms with E-state index >= 15 is 0 Å². The molecule has 0 spiro atoms. The Kier molecular flexibility index (Phi) is 6.10. The summed E-state index contributed by atoms with van der Waals surface area (Å²) in [5.74, 6) is 0.728. The number of benzene rings is 1. The highest BCUT2D eigenvalue weighted by molar-refractivity contribution is 7.18. The van der Waals surface area contributed by atoms with Gasteiger partial charge < -0.3 is 21.3 Å². The molecule has 3 aromatic rings. The van der Waals surface area contributed by atoms with Crippen molar-refractivity contribution < 1.29 is 4.79 Å². The van der Waals surface area contributed by atoms with Gasteiger partial charge in [-0.25, -0.2) is 9.97 Å². The number of carbonyl (C=O) groups excluding carboxylic acids is 1. The van der Waals surface area contributed by atoms with Gasteiger partial charge in [-0.15, -0.1) is 0 Å². The Hall–Kier alpha value is -2.39. The third kappa shape index (κ3) is 4.22. The van der Waals surface area contributed by atoms with Crippen LogP contribution in [-0.4, -0.2) is 41.9 Å². The molecule has 1 aliphatic heterocycles. The molecule has 1 fully saturated rings. The predicted octanol–water partition coefficient (Wildman–Crippen LogP) is 4.12. The average molecular weight is 463 g/mol. The molecule has 0 aliphatic carbocycles. The smallest absolute Gasteiger partial charge is 0.209 e. The SMILES string of the molecule is Cc1nc(N2CCNCC2)ccc1Nc1nc(N)c(C(=O)c2c(Cl)cccc2Cl)s1. The quantitative estimate of drug-likeness (QED) is 0.490. The van der Waals surface area contributed by atoms with Crippen LogP contribution in [0.25, 0.3) is 0 Å². The molecule has 10 heteroatoms. The zero-order valence-electron chi connectivity index (χ0n) is 16.2. The molecular formula is C20H20Cl2N6OS. The molecule has 7 nitrogen and oxygen atoms in total. The van der Waals surface area contributed by atoms with E-state index in [1.807, 2.05) is 19.1 Å². The third-order valence-corrected chi connectivity index (χ3v) is 6.42. The number of pyridine rings is 1. The molecule has 0 unspecified atom stereocenters. The molecule has 0 radical (unpaired) electrons. The zero-order chi connectivity index (χ0) is 21.3. The fourth-order valence-electron chi connectivity index (χ4n) is 3.24. The number of thiazole rings is 1. The number of carbonyl (C=O) groups is 1. The minimum Gasteiger partial charge on any atom is -0.382 e. The first kappa shape index (κ1) is 20.9. The number of halogens is 2. The van der Waals surface area contributed by atoms with E-state index in [1.54, 1.807) is 18.2 Å². The van der Waals surface area contributed by atoms with Crippen molar-refractivity contribution in [3.05, 3.63) is 56.5 Å². The number of nitrogens with zero attached hydrogens (tertiary/aromatic N) is 3. The van der Waals surface area contributed by atoms with Crippen molar-refractivity contribution in [2.45, 2.75) is 6.92 Å². The molecule has 0 atom stereocenters. The zero-order valence-corrected chi connectivity index (χ0v) is 18.5. The normalized spacial score (nSPS) is 14.0. The number of anilines is 4. The number of nitrogens with one attached hydrogen (secondary N) is 2. The molecule has 1 saturated heterocycles. The number of rotatable bonds is 5. The van der Waals surface area contributed by atoms with Crippen molar-refractivity contribution in [1.29, 1.82) is 0 Å². The summed E-state index contributed by atoms with van der Waals surface area (Å²) < 4.78 is 0. The Morgan fingerprint density at radius 2 is 1.87 bits per heavy atom. The van der Waals surface area contributed by atoms with Crippen LogP contribution in [0.5, 0.6) is 0 Å². The van der Waals surface area contributed by atoms with E-state index in [1.165, 1.54) is 0 Å². The second-order valence-electron chi connectivity index (χ2n) is 6.82. The van der Waals surface area contributed by atoms with Gasteiger partial charge in [0.15, 0.2) is 5.13 Å². The van der Waals surface area contributed by atoms with Crippen LogP contribution in [0.15, 0.2) is 30.3 Å². The van der Waals surface area contributed by atoms with Gasteiger partial charge in [-0.05, 0) is 31.2 Å². The summed E-state index contributed by atoms with van der Waals surface area (Å²) in [5.41, 5.74) is 7.88. The Morgan fingerprint density at radius 3 is 2.53 bits per heavy atom. The molecule has 0 amide bonds. The summed E-state index contributed by atoms with van der Waals surface area (Å²) >= 11 is 13.5. The second kappa shape index (κ2) is 8.77. The highest BCUT2D eigenvalue weighted by atomic mass is 35.5. The maximum Gasteiger partial charge on any atom is 0.209 e. The molecule has 30 heavy (non-hydrogen) atoms. The average Bonchev–Trinajstić information content (AvgIpc) is 3.10. The number of aromatic nitrogens is 2. The lowest BCUT2D eigenvalue weighted by molar-refractivity contribution is 0.104. The van der Waals surface area contributed by atoms with Gasteiger partial charge >= 0.3 is 0 Å². The Morgan fingerprint density at radius 1 is 1.17 bits per heavy atom. The Balaban J connectivity index is 1.56. The second-order valence-corrected chi connectivity index (χ2v) is 8.64. The fraction of sp³-hybridized carbons (Fsp3) is 0.250. The molecule has 3 heterocycles. The number of ketones is 1. The molecule has 0 saturated carbocycles. The van der Waals surface area contributed by atoms with Crippen LogP contribution in [0.3, 0.4) is 0 Å². The molecule has 2 aromatic heterocycles. The van der Waals surface area contributed by atoms with Crippen LogP contribution in [0.4, 0.5) is 22.5 Å². The summed E-state index contributed by atoms with van der Waals surface area (Å²) in [6.07, 6.45) is 0. The summed E-state index contributed by atoms with van der Waals surface area (Å²) in [6, 6.07) is 8.86.